The fourth-order valence-corrected chi connectivity index (χ4v) is 5.85. The second-order valence-electron chi connectivity index (χ2n) is 11.8. The van der Waals surface area contributed by atoms with Crippen LogP contribution >= 0.6 is 11.6 Å². The summed E-state index contributed by atoms with van der Waals surface area (Å²) >= 11 is 6.64. The number of aromatic nitrogens is 3. The largest absolute Gasteiger partial charge is 0.478 e. The number of pyridine rings is 1. The van der Waals surface area contributed by atoms with Crippen LogP contribution in [0.25, 0.3) is 22.3 Å². The van der Waals surface area contributed by atoms with E-state index in [1.54, 1.807) is 4.57 Å². The highest BCUT2D eigenvalue weighted by atomic mass is 35.5. The number of fused-ring (bicyclic) bond motifs is 1. The third-order valence-corrected chi connectivity index (χ3v) is 8.51. The van der Waals surface area contributed by atoms with E-state index in [4.69, 9.17) is 26.3 Å². The van der Waals surface area contributed by atoms with Crippen molar-refractivity contribution in [2.75, 3.05) is 13.2 Å². The molecule has 0 aliphatic carbocycles. The van der Waals surface area contributed by atoms with Crippen LogP contribution in [0, 0.1) is 40.0 Å². The molecule has 0 saturated carbocycles. The molecule has 0 bridgehead atoms. The van der Waals surface area contributed by atoms with Gasteiger partial charge in [-0.25, -0.2) is 32.3 Å². The minimum atomic E-state index is -1.30. The van der Waals surface area contributed by atoms with Crippen LogP contribution in [-0.2, 0) is 17.8 Å². The highest BCUT2D eigenvalue weighted by Crippen LogP contribution is 2.41. The van der Waals surface area contributed by atoms with Crippen molar-refractivity contribution in [3.05, 3.63) is 111 Å². The first-order valence-corrected chi connectivity index (χ1v) is 14.7. The van der Waals surface area contributed by atoms with Gasteiger partial charge in [0.25, 0.3) is 5.88 Å². The van der Waals surface area contributed by atoms with E-state index in [1.807, 2.05) is 19.9 Å². The molecule has 1 atom stereocenters. The van der Waals surface area contributed by atoms with Crippen molar-refractivity contribution in [3.8, 4) is 23.2 Å². The molecule has 1 aliphatic heterocycles. The summed E-state index contributed by atoms with van der Waals surface area (Å²) in [5.74, 6) is -4.61. The minimum Gasteiger partial charge on any atom is -0.478 e. The predicted molar refractivity (Wildman–Crippen MR) is 163 cm³/mol. The molecular formula is C34H25ClF4N4O4. The molecule has 1 fully saturated rings. The zero-order chi connectivity index (χ0) is 33.6. The Morgan fingerprint density at radius 1 is 1.04 bits per heavy atom. The fraction of sp³-hybridized carbons (Fsp3) is 0.235. The average Bonchev–Trinajstić information content (AvgIpc) is 3.56. The number of carbonyl (C=O) groups is 1. The van der Waals surface area contributed by atoms with Crippen LogP contribution in [0.5, 0.6) is 5.88 Å². The Balaban J connectivity index is 1.34. The van der Waals surface area contributed by atoms with Crippen molar-refractivity contribution < 1.29 is 36.9 Å². The zero-order valence-electron chi connectivity index (χ0n) is 25.0. The maximum atomic E-state index is 15.7. The topological polar surface area (TPSA) is 110 Å². The molecule has 1 saturated heterocycles. The molecule has 8 nitrogen and oxygen atoms in total. The standard InChI is InChI=1S/C34H25ClF4N4O4/c1-34(2)16-46-15-29(34)43-28-10-20(33(44)45)9-26(39)31(28)42-30(43)11-19-8-25(38)21(12-22(19)35)27-6-5-23(36)32(41-27)47-14-18-4-3-17(13-40)7-24(18)37/h3-10,12,29H,11,14-16H2,1-2H3,(H,44,45). The molecule has 5 aromatic rings. The Kier molecular flexibility index (Phi) is 8.38. The lowest BCUT2D eigenvalue weighted by Gasteiger charge is -2.28. The Bertz CT molecular complexity index is 2110. The van der Waals surface area contributed by atoms with Crippen molar-refractivity contribution in [1.82, 2.24) is 14.5 Å². The van der Waals surface area contributed by atoms with Crippen LogP contribution < -0.4 is 4.74 Å². The normalized spacial score (nSPS) is 15.6. The SMILES string of the molecule is CC1(C)COCC1n1c(Cc2cc(F)c(-c3ccc(F)c(OCc4ccc(C#N)cc4F)n3)cc2Cl)nc2c(F)cc(C(=O)O)cc21. The average molecular weight is 665 g/mol. The number of carboxylic acid groups (broad SMARTS) is 1. The van der Waals surface area contributed by atoms with E-state index in [9.17, 15) is 18.7 Å². The lowest BCUT2D eigenvalue weighted by atomic mass is 9.87. The second kappa shape index (κ2) is 12.3. The lowest BCUT2D eigenvalue weighted by molar-refractivity contribution is 0.0696. The van der Waals surface area contributed by atoms with Gasteiger partial charge >= 0.3 is 5.97 Å². The van der Waals surface area contributed by atoms with E-state index >= 15 is 8.78 Å². The summed E-state index contributed by atoms with van der Waals surface area (Å²) < 4.78 is 72.5. The maximum Gasteiger partial charge on any atom is 0.335 e. The summed E-state index contributed by atoms with van der Waals surface area (Å²) in [6, 6.07) is 12.2. The van der Waals surface area contributed by atoms with Gasteiger partial charge in [-0.05, 0) is 54.1 Å². The van der Waals surface area contributed by atoms with Gasteiger partial charge in [0.15, 0.2) is 11.6 Å². The molecule has 3 aromatic carbocycles. The molecule has 0 spiro atoms. The third-order valence-electron chi connectivity index (χ3n) is 8.15. The van der Waals surface area contributed by atoms with E-state index in [0.717, 1.165) is 18.2 Å². The molecule has 0 amide bonds. The zero-order valence-corrected chi connectivity index (χ0v) is 25.7. The highest BCUT2D eigenvalue weighted by molar-refractivity contribution is 6.31. The van der Waals surface area contributed by atoms with Crippen LogP contribution in [-0.4, -0.2) is 38.8 Å². The summed E-state index contributed by atoms with van der Waals surface area (Å²) in [7, 11) is 0. The van der Waals surface area contributed by atoms with E-state index in [2.05, 4.69) is 9.97 Å². The van der Waals surface area contributed by atoms with E-state index in [1.165, 1.54) is 36.4 Å². The number of halogens is 5. The minimum absolute atomic E-state index is 0.00647. The molecule has 47 heavy (non-hydrogen) atoms. The van der Waals surface area contributed by atoms with Crippen molar-refractivity contribution in [1.29, 1.82) is 5.26 Å². The Morgan fingerprint density at radius 3 is 2.51 bits per heavy atom. The van der Waals surface area contributed by atoms with Crippen LogP contribution in [0.3, 0.4) is 0 Å². The summed E-state index contributed by atoms with van der Waals surface area (Å²) in [6.07, 6.45) is -0.0412. The third kappa shape index (κ3) is 6.12. The predicted octanol–water partition coefficient (Wildman–Crippen LogP) is 7.65. The van der Waals surface area contributed by atoms with Crippen LogP contribution in [0.4, 0.5) is 17.6 Å². The molecule has 0 radical (unpaired) electrons. The van der Waals surface area contributed by atoms with E-state index in [0.29, 0.717) is 18.0 Å². The first-order valence-electron chi connectivity index (χ1n) is 14.3. The number of ether oxygens (including phenoxy) is 2. The molecule has 1 aliphatic rings. The number of benzene rings is 3. The van der Waals surface area contributed by atoms with Gasteiger partial charge in [-0.3, -0.25) is 0 Å². The molecule has 1 unspecified atom stereocenters. The molecule has 2 aromatic heterocycles. The van der Waals surface area contributed by atoms with Gasteiger partial charge in [-0.2, -0.15) is 5.26 Å². The quantitative estimate of drug-likeness (QED) is 0.170. The summed E-state index contributed by atoms with van der Waals surface area (Å²) in [5.41, 5.74) is -0.0370. The van der Waals surface area contributed by atoms with Crippen LogP contribution in [0.2, 0.25) is 5.02 Å². The second-order valence-corrected chi connectivity index (χ2v) is 12.2. The number of aromatic carboxylic acids is 1. The van der Waals surface area contributed by atoms with Gasteiger partial charge in [0.1, 0.15) is 29.6 Å². The van der Waals surface area contributed by atoms with Gasteiger partial charge in [0.2, 0.25) is 0 Å². The summed E-state index contributed by atoms with van der Waals surface area (Å²) in [5, 5.41) is 18.6. The van der Waals surface area contributed by atoms with Crippen LogP contribution in [0.1, 0.15) is 52.8 Å². The number of hydrogen-bond donors (Lipinski definition) is 1. The Labute approximate surface area is 270 Å². The fourth-order valence-electron chi connectivity index (χ4n) is 5.62. The van der Waals surface area contributed by atoms with Crippen molar-refractivity contribution in [3.63, 3.8) is 0 Å². The first-order chi connectivity index (χ1) is 22.4. The van der Waals surface area contributed by atoms with Gasteiger partial charge in [0.05, 0.1) is 47.7 Å². The van der Waals surface area contributed by atoms with Crippen molar-refractivity contribution >= 4 is 28.6 Å². The Hall–Kier alpha value is -4.99. The first kappa shape index (κ1) is 32.0. The number of nitrogens with zero attached hydrogens (tertiary/aromatic N) is 4. The lowest BCUT2D eigenvalue weighted by Crippen LogP contribution is -2.27. The van der Waals surface area contributed by atoms with E-state index in [-0.39, 0.29) is 63.1 Å². The molecular weight excluding hydrogens is 640 g/mol. The van der Waals surface area contributed by atoms with Gasteiger partial charge in [0, 0.05) is 28.0 Å². The van der Waals surface area contributed by atoms with Gasteiger partial charge in [-0.15, -0.1) is 0 Å². The number of imidazole rings is 1. The molecule has 13 heteroatoms. The molecule has 3 heterocycles. The maximum absolute atomic E-state index is 15.7. The summed E-state index contributed by atoms with van der Waals surface area (Å²) in [4.78, 5) is 20.3. The number of rotatable bonds is 8. The smallest absolute Gasteiger partial charge is 0.335 e. The van der Waals surface area contributed by atoms with Crippen molar-refractivity contribution in [2.45, 2.75) is 32.9 Å². The monoisotopic (exact) mass is 664 g/mol. The molecule has 240 valence electrons. The Morgan fingerprint density at radius 2 is 1.83 bits per heavy atom. The van der Waals surface area contributed by atoms with Gasteiger partial charge < -0.3 is 19.1 Å². The van der Waals surface area contributed by atoms with Crippen molar-refractivity contribution in [2.24, 2.45) is 5.41 Å². The van der Waals surface area contributed by atoms with Gasteiger partial charge in [-0.1, -0.05) is 31.5 Å². The molecule has 1 N–H and O–H groups in total. The molecule has 6 rings (SSSR count). The van der Waals surface area contributed by atoms with E-state index < -0.39 is 47.1 Å². The summed E-state index contributed by atoms with van der Waals surface area (Å²) in [6.45, 7) is 4.21. The highest BCUT2D eigenvalue weighted by Gasteiger charge is 2.39. The number of nitriles is 1. The number of hydrogen-bond acceptors (Lipinski definition) is 6. The van der Waals surface area contributed by atoms with Crippen LogP contribution in [0.15, 0.2) is 54.6 Å². The number of carboxylic acids is 1.